The van der Waals surface area contributed by atoms with E-state index in [1.165, 1.54) is 5.57 Å². The molecule has 0 unspecified atom stereocenters. The van der Waals surface area contributed by atoms with Crippen molar-refractivity contribution in [1.82, 2.24) is 0 Å². The number of carbonyl (C=O) groups excluding carboxylic acids is 1. The van der Waals surface area contributed by atoms with Crippen LogP contribution in [0.3, 0.4) is 0 Å². The maximum atomic E-state index is 12.2. The molecule has 2 aliphatic carbocycles. The Kier molecular flexibility index (Phi) is 3.85. The number of ether oxygens (including phenoxy) is 2. The van der Waals surface area contributed by atoms with Crippen molar-refractivity contribution in [3.8, 4) is 11.5 Å². The highest BCUT2D eigenvalue weighted by Gasteiger charge is 2.56. The monoisotopic (exact) mass is 320 g/mol. The van der Waals surface area contributed by atoms with Gasteiger partial charge in [0.05, 0.1) is 5.92 Å². The molecular weight excluding hydrogens is 300 g/mol. The molecule has 1 saturated carbocycles. The van der Waals surface area contributed by atoms with E-state index in [-0.39, 0.29) is 11.9 Å². The lowest BCUT2D eigenvalue weighted by molar-refractivity contribution is -0.147. The molecule has 0 saturated heterocycles. The van der Waals surface area contributed by atoms with E-state index in [1.54, 1.807) is 0 Å². The van der Waals surface area contributed by atoms with Crippen LogP contribution in [0, 0.1) is 17.8 Å². The summed E-state index contributed by atoms with van der Waals surface area (Å²) in [5.74, 6) is 2.47. The molecule has 3 nitrogen and oxygen atoms in total. The van der Waals surface area contributed by atoms with Crippen LogP contribution in [-0.2, 0) is 16.1 Å². The minimum absolute atomic E-state index is 0.0665. The highest BCUT2D eigenvalue weighted by molar-refractivity contribution is 5.77. The first-order valence-corrected chi connectivity index (χ1v) is 8.36. The molecule has 0 heterocycles. The second-order valence-electron chi connectivity index (χ2n) is 6.65. The van der Waals surface area contributed by atoms with E-state index >= 15 is 0 Å². The van der Waals surface area contributed by atoms with E-state index < -0.39 is 0 Å². The summed E-state index contributed by atoms with van der Waals surface area (Å²) in [5.41, 5.74) is 2.34. The SMILES string of the molecule is CC1=C[C@H]2[C@@H](C1)[C@H]2C(=O)OCc1cccc(Oc2ccccc2)c1. The van der Waals surface area contributed by atoms with Crippen LogP contribution >= 0.6 is 0 Å². The summed E-state index contributed by atoms with van der Waals surface area (Å²) in [6.07, 6.45) is 3.27. The van der Waals surface area contributed by atoms with E-state index in [9.17, 15) is 4.79 Å². The van der Waals surface area contributed by atoms with Gasteiger partial charge in [0.2, 0.25) is 0 Å². The molecule has 4 rings (SSSR count). The van der Waals surface area contributed by atoms with Gasteiger partial charge in [0, 0.05) is 0 Å². The van der Waals surface area contributed by atoms with Crippen molar-refractivity contribution in [2.45, 2.75) is 20.0 Å². The predicted octanol–water partition coefficient (Wildman–Crippen LogP) is 4.73. The summed E-state index contributed by atoms with van der Waals surface area (Å²) in [7, 11) is 0. The quantitative estimate of drug-likeness (QED) is 0.590. The zero-order valence-corrected chi connectivity index (χ0v) is 13.6. The maximum Gasteiger partial charge on any atom is 0.310 e. The van der Waals surface area contributed by atoms with Gasteiger partial charge >= 0.3 is 5.97 Å². The van der Waals surface area contributed by atoms with E-state index in [1.807, 2.05) is 54.6 Å². The van der Waals surface area contributed by atoms with Crippen molar-refractivity contribution in [2.75, 3.05) is 0 Å². The van der Waals surface area contributed by atoms with E-state index in [2.05, 4.69) is 13.0 Å². The summed E-state index contributed by atoms with van der Waals surface area (Å²) in [4.78, 5) is 12.2. The molecule has 122 valence electrons. The largest absolute Gasteiger partial charge is 0.461 e. The van der Waals surface area contributed by atoms with Crippen LogP contribution in [0.25, 0.3) is 0 Å². The molecule has 0 N–H and O–H groups in total. The molecule has 2 aromatic rings. The van der Waals surface area contributed by atoms with E-state index in [0.29, 0.717) is 18.4 Å². The van der Waals surface area contributed by atoms with Crippen molar-refractivity contribution in [2.24, 2.45) is 17.8 Å². The van der Waals surface area contributed by atoms with Gasteiger partial charge in [0.15, 0.2) is 0 Å². The third-order valence-electron chi connectivity index (χ3n) is 4.79. The molecule has 0 spiro atoms. The first kappa shape index (κ1) is 15.0. The Morgan fingerprint density at radius 3 is 2.62 bits per heavy atom. The van der Waals surface area contributed by atoms with Crippen molar-refractivity contribution < 1.29 is 14.3 Å². The standard InChI is InChI=1S/C21H20O3/c1-14-10-18-19(11-14)20(18)21(22)23-13-15-6-5-9-17(12-15)24-16-7-3-2-4-8-16/h2-10,12,18-20H,11,13H2,1H3/t18-,19+,20-/m0/s1. The molecule has 0 aliphatic heterocycles. The fourth-order valence-electron chi connectivity index (χ4n) is 3.57. The summed E-state index contributed by atoms with van der Waals surface area (Å²) >= 11 is 0. The van der Waals surface area contributed by atoms with Gasteiger partial charge in [-0.15, -0.1) is 0 Å². The number of hydrogen-bond acceptors (Lipinski definition) is 3. The van der Waals surface area contributed by atoms with Crippen LogP contribution in [-0.4, -0.2) is 5.97 Å². The predicted molar refractivity (Wildman–Crippen MR) is 91.6 cm³/mol. The second kappa shape index (κ2) is 6.16. The van der Waals surface area contributed by atoms with Gasteiger partial charge in [0.25, 0.3) is 0 Å². The van der Waals surface area contributed by atoms with Crippen LogP contribution in [0.1, 0.15) is 18.9 Å². The zero-order chi connectivity index (χ0) is 16.5. The smallest absolute Gasteiger partial charge is 0.310 e. The number of carbonyl (C=O) groups is 1. The number of benzene rings is 2. The van der Waals surface area contributed by atoms with Gasteiger partial charge < -0.3 is 9.47 Å². The van der Waals surface area contributed by atoms with Gasteiger partial charge in [-0.2, -0.15) is 0 Å². The van der Waals surface area contributed by atoms with Gasteiger partial charge in [-0.1, -0.05) is 42.0 Å². The van der Waals surface area contributed by atoms with Crippen molar-refractivity contribution in [3.63, 3.8) is 0 Å². The molecule has 24 heavy (non-hydrogen) atoms. The zero-order valence-electron chi connectivity index (χ0n) is 13.6. The normalized spacial score (nSPS) is 24.0. The third-order valence-corrected chi connectivity index (χ3v) is 4.79. The summed E-state index contributed by atoms with van der Waals surface area (Å²) in [6.45, 7) is 2.43. The average molecular weight is 320 g/mol. The van der Waals surface area contributed by atoms with Crippen LogP contribution in [0.2, 0.25) is 0 Å². The lowest BCUT2D eigenvalue weighted by Gasteiger charge is -2.09. The number of esters is 1. The molecule has 0 radical (unpaired) electrons. The lowest BCUT2D eigenvalue weighted by Crippen LogP contribution is -2.10. The molecule has 0 aromatic heterocycles. The van der Waals surface area contributed by atoms with Crippen LogP contribution in [0.4, 0.5) is 0 Å². The molecule has 2 aliphatic rings. The Balaban J connectivity index is 1.34. The first-order chi connectivity index (χ1) is 11.7. The Bertz CT molecular complexity index is 779. The van der Waals surface area contributed by atoms with Gasteiger partial charge in [0.1, 0.15) is 18.1 Å². The van der Waals surface area contributed by atoms with Crippen LogP contribution in [0.15, 0.2) is 66.2 Å². The van der Waals surface area contributed by atoms with Crippen LogP contribution in [0.5, 0.6) is 11.5 Å². The maximum absolute atomic E-state index is 12.2. The molecule has 1 fully saturated rings. The molecule has 2 aromatic carbocycles. The van der Waals surface area contributed by atoms with Gasteiger partial charge in [-0.3, -0.25) is 4.79 Å². The Morgan fingerprint density at radius 1 is 1.08 bits per heavy atom. The Morgan fingerprint density at radius 2 is 1.88 bits per heavy atom. The number of hydrogen-bond donors (Lipinski definition) is 0. The van der Waals surface area contributed by atoms with E-state index in [0.717, 1.165) is 23.5 Å². The molecular formula is C21H20O3. The average Bonchev–Trinajstić information content (AvgIpc) is 3.11. The highest BCUT2D eigenvalue weighted by Crippen LogP contribution is 2.56. The number of allylic oxidation sites excluding steroid dienone is 2. The van der Waals surface area contributed by atoms with Crippen LogP contribution < -0.4 is 4.74 Å². The number of para-hydroxylation sites is 1. The fraction of sp³-hybridized carbons (Fsp3) is 0.286. The highest BCUT2D eigenvalue weighted by atomic mass is 16.5. The minimum Gasteiger partial charge on any atom is -0.461 e. The topological polar surface area (TPSA) is 35.5 Å². The molecule has 3 atom stereocenters. The lowest BCUT2D eigenvalue weighted by atomic mass is 10.1. The minimum atomic E-state index is -0.0665. The summed E-state index contributed by atoms with van der Waals surface area (Å²) in [5, 5.41) is 0. The van der Waals surface area contributed by atoms with Crippen molar-refractivity contribution >= 4 is 5.97 Å². The molecule has 0 bridgehead atoms. The summed E-state index contributed by atoms with van der Waals surface area (Å²) in [6, 6.07) is 17.3. The number of rotatable bonds is 5. The van der Waals surface area contributed by atoms with E-state index in [4.69, 9.17) is 9.47 Å². The Hall–Kier alpha value is -2.55. The van der Waals surface area contributed by atoms with Gasteiger partial charge in [-0.05, 0) is 55.0 Å². The van der Waals surface area contributed by atoms with Crippen molar-refractivity contribution in [1.29, 1.82) is 0 Å². The third kappa shape index (κ3) is 3.07. The fourth-order valence-corrected chi connectivity index (χ4v) is 3.57. The molecule has 3 heteroatoms. The number of fused-ring (bicyclic) bond motifs is 1. The summed E-state index contributed by atoms with van der Waals surface area (Å²) < 4.78 is 11.3. The molecule has 0 amide bonds. The first-order valence-electron chi connectivity index (χ1n) is 8.36. The van der Waals surface area contributed by atoms with Gasteiger partial charge in [-0.25, -0.2) is 0 Å². The van der Waals surface area contributed by atoms with Crippen molar-refractivity contribution in [3.05, 3.63) is 71.8 Å². The Labute approximate surface area is 141 Å². The second-order valence-corrected chi connectivity index (χ2v) is 6.65.